The van der Waals surface area contributed by atoms with E-state index in [-0.39, 0.29) is 42.5 Å². The zero-order chi connectivity index (χ0) is 22.6. The molecule has 0 bridgehead atoms. The SMILES string of the molecule is CCNC(=NCC(O)c1cccc(OC(C)C)c1)NCCNC(=O)c1cccc(C)c1.I. The number of aliphatic imine (C=N–C) groups is 1. The number of aliphatic hydroxyl groups excluding tert-OH is 1. The van der Waals surface area contributed by atoms with Crippen molar-refractivity contribution < 1.29 is 14.6 Å². The molecule has 0 spiro atoms. The van der Waals surface area contributed by atoms with Crippen molar-refractivity contribution in [2.45, 2.75) is 39.9 Å². The molecule has 0 aliphatic heterocycles. The standard InChI is InChI=1S/C24H34N4O3.HI/c1-5-25-24(27-13-12-26-23(30)20-10-6-8-18(4)14-20)28-16-22(29)19-9-7-11-21(15-19)31-17(2)3;/h6-11,14-15,17,22,29H,5,12-13,16H2,1-4H3,(H,26,30)(H2,25,27,28);1H. The zero-order valence-corrected chi connectivity index (χ0v) is 21.6. The van der Waals surface area contributed by atoms with E-state index in [0.717, 1.165) is 16.9 Å². The normalized spacial score (nSPS) is 12.0. The van der Waals surface area contributed by atoms with E-state index >= 15 is 0 Å². The molecule has 1 unspecified atom stereocenters. The number of nitrogens with one attached hydrogen (secondary N) is 3. The Balaban J connectivity index is 0.00000512. The van der Waals surface area contributed by atoms with Gasteiger partial charge in [-0.3, -0.25) is 9.79 Å². The van der Waals surface area contributed by atoms with Crippen LogP contribution in [0.15, 0.2) is 53.5 Å². The number of rotatable bonds is 10. The molecule has 0 saturated heterocycles. The first-order valence-electron chi connectivity index (χ1n) is 10.7. The smallest absolute Gasteiger partial charge is 0.251 e. The molecule has 1 atom stereocenters. The van der Waals surface area contributed by atoms with E-state index in [1.165, 1.54) is 0 Å². The number of guanidine groups is 1. The molecule has 0 saturated carbocycles. The maximum absolute atomic E-state index is 12.2. The van der Waals surface area contributed by atoms with Crippen LogP contribution in [0.4, 0.5) is 0 Å². The summed E-state index contributed by atoms with van der Waals surface area (Å²) in [5.41, 5.74) is 2.45. The lowest BCUT2D eigenvalue weighted by Gasteiger charge is -2.15. The van der Waals surface area contributed by atoms with E-state index in [9.17, 15) is 9.90 Å². The van der Waals surface area contributed by atoms with Gasteiger partial charge >= 0.3 is 0 Å². The summed E-state index contributed by atoms with van der Waals surface area (Å²) in [5, 5.41) is 19.7. The lowest BCUT2D eigenvalue weighted by molar-refractivity contribution is 0.0954. The molecule has 0 aliphatic carbocycles. The van der Waals surface area contributed by atoms with E-state index < -0.39 is 6.10 Å². The number of ether oxygens (including phenoxy) is 1. The Kier molecular flexibility index (Phi) is 12.7. The Labute approximate surface area is 208 Å². The van der Waals surface area contributed by atoms with Crippen LogP contribution >= 0.6 is 24.0 Å². The van der Waals surface area contributed by atoms with Gasteiger partial charge in [-0.1, -0.05) is 29.8 Å². The predicted molar refractivity (Wildman–Crippen MR) is 140 cm³/mol. The molecule has 0 aromatic heterocycles. The van der Waals surface area contributed by atoms with Crippen LogP contribution in [0.1, 0.15) is 48.4 Å². The Morgan fingerprint density at radius 2 is 1.78 bits per heavy atom. The molecule has 2 aromatic rings. The predicted octanol–water partition coefficient (Wildman–Crippen LogP) is 3.42. The lowest BCUT2D eigenvalue weighted by Crippen LogP contribution is -2.41. The van der Waals surface area contributed by atoms with E-state index in [4.69, 9.17) is 4.74 Å². The Hall–Kier alpha value is -2.33. The Morgan fingerprint density at radius 3 is 2.47 bits per heavy atom. The lowest BCUT2D eigenvalue weighted by atomic mass is 10.1. The van der Waals surface area contributed by atoms with Crippen molar-refractivity contribution >= 4 is 35.8 Å². The number of aliphatic hydroxyl groups is 1. The monoisotopic (exact) mass is 554 g/mol. The van der Waals surface area contributed by atoms with Gasteiger partial charge in [0.1, 0.15) is 5.75 Å². The van der Waals surface area contributed by atoms with Crippen molar-refractivity contribution in [3.63, 3.8) is 0 Å². The van der Waals surface area contributed by atoms with Gasteiger partial charge in [0.05, 0.1) is 18.8 Å². The van der Waals surface area contributed by atoms with Crippen LogP contribution in [0.25, 0.3) is 0 Å². The first kappa shape index (κ1) is 27.7. The summed E-state index contributed by atoms with van der Waals surface area (Å²) in [6, 6.07) is 14.9. The third-order valence-corrected chi connectivity index (χ3v) is 4.36. The van der Waals surface area contributed by atoms with E-state index in [0.29, 0.717) is 31.2 Å². The fraction of sp³-hybridized carbons (Fsp3) is 0.417. The number of carbonyl (C=O) groups excluding carboxylic acids is 1. The first-order chi connectivity index (χ1) is 14.9. The third kappa shape index (κ3) is 9.86. The van der Waals surface area contributed by atoms with Gasteiger partial charge in [-0.25, -0.2) is 0 Å². The second-order valence-corrected chi connectivity index (χ2v) is 7.53. The van der Waals surface area contributed by atoms with Crippen LogP contribution in [0.2, 0.25) is 0 Å². The summed E-state index contributed by atoms with van der Waals surface area (Å²) in [7, 11) is 0. The minimum atomic E-state index is -0.743. The molecule has 8 heteroatoms. The highest BCUT2D eigenvalue weighted by molar-refractivity contribution is 14.0. The summed E-state index contributed by atoms with van der Waals surface area (Å²) in [5.74, 6) is 1.21. The molecule has 0 heterocycles. The molecule has 32 heavy (non-hydrogen) atoms. The van der Waals surface area contributed by atoms with Crippen LogP contribution in [-0.4, -0.2) is 49.3 Å². The number of carbonyl (C=O) groups is 1. The average Bonchev–Trinajstić information content (AvgIpc) is 2.74. The number of nitrogens with zero attached hydrogens (tertiary/aromatic N) is 1. The minimum absolute atomic E-state index is 0. The van der Waals surface area contributed by atoms with Crippen molar-refractivity contribution in [1.29, 1.82) is 0 Å². The summed E-state index contributed by atoms with van der Waals surface area (Å²) in [6.07, 6.45) is -0.673. The Bertz CT molecular complexity index is 874. The summed E-state index contributed by atoms with van der Waals surface area (Å²) >= 11 is 0. The largest absolute Gasteiger partial charge is 0.491 e. The molecule has 176 valence electrons. The molecular weight excluding hydrogens is 519 g/mol. The van der Waals surface area contributed by atoms with Gasteiger partial charge in [-0.05, 0) is 57.5 Å². The van der Waals surface area contributed by atoms with Gasteiger partial charge in [-0.15, -0.1) is 24.0 Å². The molecule has 0 radical (unpaired) electrons. The summed E-state index contributed by atoms with van der Waals surface area (Å²) in [6.45, 7) is 9.71. The van der Waals surface area contributed by atoms with Crippen molar-refractivity contribution in [3.8, 4) is 5.75 Å². The fourth-order valence-electron chi connectivity index (χ4n) is 2.94. The number of benzene rings is 2. The van der Waals surface area contributed by atoms with Gasteiger partial charge in [0.15, 0.2) is 5.96 Å². The van der Waals surface area contributed by atoms with Gasteiger partial charge in [-0.2, -0.15) is 0 Å². The second-order valence-electron chi connectivity index (χ2n) is 7.53. The number of amides is 1. The summed E-state index contributed by atoms with van der Waals surface area (Å²) < 4.78 is 5.69. The van der Waals surface area contributed by atoms with Gasteiger partial charge in [0.2, 0.25) is 0 Å². The highest BCUT2D eigenvalue weighted by atomic mass is 127. The molecule has 4 N–H and O–H groups in total. The highest BCUT2D eigenvalue weighted by Crippen LogP contribution is 2.20. The molecule has 1 amide bonds. The molecule has 0 fully saturated rings. The third-order valence-electron chi connectivity index (χ3n) is 4.36. The van der Waals surface area contributed by atoms with E-state index in [1.807, 2.05) is 70.2 Å². The van der Waals surface area contributed by atoms with E-state index in [2.05, 4.69) is 20.9 Å². The zero-order valence-electron chi connectivity index (χ0n) is 19.2. The van der Waals surface area contributed by atoms with Gasteiger partial charge in [0, 0.05) is 25.2 Å². The van der Waals surface area contributed by atoms with Crippen LogP contribution in [0.3, 0.4) is 0 Å². The quantitative estimate of drug-likeness (QED) is 0.156. The maximum Gasteiger partial charge on any atom is 0.251 e. The number of hydrogen-bond donors (Lipinski definition) is 4. The fourth-order valence-corrected chi connectivity index (χ4v) is 2.94. The highest BCUT2D eigenvalue weighted by Gasteiger charge is 2.10. The van der Waals surface area contributed by atoms with Crippen LogP contribution in [-0.2, 0) is 0 Å². The van der Waals surface area contributed by atoms with Crippen molar-refractivity contribution in [3.05, 3.63) is 65.2 Å². The topological polar surface area (TPSA) is 95.0 Å². The molecule has 0 aliphatic rings. The van der Waals surface area contributed by atoms with E-state index in [1.54, 1.807) is 6.07 Å². The van der Waals surface area contributed by atoms with Crippen LogP contribution in [0, 0.1) is 6.92 Å². The van der Waals surface area contributed by atoms with Crippen LogP contribution < -0.4 is 20.7 Å². The number of aryl methyl sites for hydroxylation is 1. The molecule has 2 rings (SSSR count). The number of halogens is 1. The maximum atomic E-state index is 12.2. The van der Waals surface area contributed by atoms with Crippen molar-refractivity contribution in [2.24, 2.45) is 4.99 Å². The molecule has 7 nitrogen and oxygen atoms in total. The summed E-state index contributed by atoms with van der Waals surface area (Å²) in [4.78, 5) is 16.7. The van der Waals surface area contributed by atoms with Crippen molar-refractivity contribution in [2.75, 3.05) is 26.2 Å². The first-order valence-corrected chi connectivity index (χ1v) is 10.7. The van der Waals surface area contributed by atoms with Crippen LogP contribution in [0.5, 0.6) is 5.75 Å². The molecular formula is C24H35IN4O3. The Morgan fingerprint density at radius 1 is 1.06 bits per heavy atom. The minimum Gasteiger partial charge on any atom is -0.491 e. The number of hydrogen-bond acceptors (Lipinski definition) is 4. The van der Waals surface area contributed by atoms with Crippen molar-refractivity contribution in [1.82, 2.24) is 16.0 Å². The molecule has 2 aromatic carbocycles. The second kappa shape index (κ2) is 14.7. The van der Waals surface area contributed by atoms with Gasteiger partial charge < -0.3 is 25.8 Å². The van der Waals surface area contributed by atoms with Gasteiger partial charge in [0.25, 0.3) is 5.91 Å². The average molecular weight is 554 g/mol.